The van der Waals surface area contributed by atoms with Gasteiger partial charge in [-0.15, -0.1) is 0 Å². The molecule has 8 heteroatoms. The Balaban J connectivity index is 1.38. The first-order valence-corrected chi connectivity index (χ1v) is 13.3. The van der Waals surface area contributed by atoms with Crippen molar-refractivity contribution in [1.29, 1.82) is 0 Å². The molecule has 0 bridgehead atoms. The van der Waals surface area contributed by atoms with E-state index in [4.69, 9.17) is 14.5 Å². The Hall–Kier alpha value is -2.78. The first kappa shape index (κ1) is 23.9. The van der Waals surface area contributed by atoms with Crippen LogP contribution < -0.4 is 9.64 Å². The van der Waals surface area contributed by atoms with Gasteiger partial charge in [0.25, 0.3) is 5.91 Å². The number of benzene rings is 3. The van der Waals surface area contributed by atoms with E-state index in [1.54, 1.807) is 11.0 Å². The third-order valence-corrected chi connectivity index (χ3v) is 7.37. The maximum Gasteiger partial charge on any atom is 0.260 e. The van der Waals surface area contributed by atoms with Crippen LogP contribution in [-0.2, 0) is 4.74 Å². The van der Waals surface area contributed by atoms with E-state index in [9.17, 15) is 4.79 Å². The fourth-order valence-electron chi connectivity index (χ4n) is 4.04. The second kappa shape index (κ2) is 11.3. The SMILES string of the molecule is O=C(c1cccc(Oc2ccccc2)c1)N(CCCN1CCOCC1)c1nc2ccc(Br)cc2s1. The highest BCUT2D eigenvalue weighted by atomic mass is 79.9. The van der Waals surface area contributed by atoms with E-state index in [2.05, 4.69) is 20.8 Å². The lowest BCUT2D eigenvalue weighted by molar-refractivity contribution is 0.0376. The van der Waals surface area contributed by atoms with Gasteiger partial charge in [0.15, 0.2) is 5.13 Å². The number of para-hydroxylation sites is 1. The van der Waals surface area contributed by atoms with Crippen LogP contribution in [0.15, 0.2) is 77.3 Å². The van der Waals surface area contributed by atoms with Crippen molar-refractivity contribution < 1.29 is 14.3 Å². The van der Waals surface area contributed by atoms with Crippen LogP contribution >= 0.6 is 27.3 Å². The van der Waals surface area contributed by atoms with Crippen LogP contribution in [-0.4, -0.2) is 55.2 Å². The van der Waals surface area contributed by atoms with E-state index < -0.39 is 0 Å². The normalized spacial score (nSPS) is 14.2. The molecule has 5 rings (SSSR count). The zero-order valence-corrected chi connectivity index (χ0v) is 21.6. The van der Waals surface area contributed by atoms with Crippen molar-refractivity contribution in [3.05, 3.63) is 82.8 Å². The highest BCUT2D eigenvalue weighted by Gasteiger charge is 2.22. The molecule has 1 aromatic heterocycles. The van der Waals surface area contributed by atoms with Crippen molar-refractivity contribution in [3.8, 4) is 11.5 Å². The van der Waals surface area contributed by atoms with Crippen molar-refractivity contribution in [1.82, 2.24) is 9.88 Å². The molecule has 35 heavy (non-hydrogen) atoms. The zero-order valence-electron chi connectivity index (χ0n) is 19.2. The smallest absolute Gasteiger partial charge is 0.260 e. The van der Waals surface area contributed by atoms with Gasteiger partial charge < -0.3 is 9.47 Å². The third-order valence-electron chi connectivity index (χ3n) is 5.83. The molecule has 6 nitrogen and oxygen atoms in total. The summed E-state index contributed by atoms with van der Waals surface area (Å²) in [5.41, 5.74) is 1.46. The molecule has 1 aliphatic heterocycles. The number of anilines is 1. The topological polar surface area (TPSA) is 54.9 Å². The van der Waals surface area contributed by atoms with Gasteiger partial charge in [0, 0.05) is 36.2 Å². The molecule has 0 radical (unpaired) electrons. The van der Waals surface area contributed by atoms with Crippen molar-refractivity contribution in [2.24, 2.45) is 0 Å². The highest BCUT2D eigenvalue weighted by molar-refractivity contribution is 9.10. The summed E-state index contributed by atoms with van der Waals surface area (Å²) < 4.78 is 13.5. The van der Waals surface area contributed by atoms with Crippen molar-refractivity contribution >= 4 is 48.5 Å². The zero-order chi connectivity index (χ0) is 24.0. The predicted molar refractivity (Wildman–Crippen MR) is 144 cm³/mol. The van der Waals surface area contributed by atoms with Crippen molar-refractivity contribution in [3.63, 3.8) is 0 Å². The van der Waals surface area contributed by atoms with Gasteiger partial charge in [-0.3, -0.25) is 14.6 Å². The van der Waals surface area contributed by atoms with Gasteiger partial charge in [-0.05, 0) is 55.0 Å². The van der Waals surface area contributed by atoms with Gasteiger partial charge in [0.2, 0.25) is 0 Å². The quantitative estimate of drug-likeness (QED) is 0.260. The minimum absolute atomic E-state index is 0.0800. The number of hydrogen-bond donors (Lipinski definition) is 0. The number of ether oxygens (including phenoxy) is 2. The Labute approximate surface area is 217 Å². The summed E-state index contributed by atoms with van der Waals surface area (Å²) >= 11 is 5.07. The van der Waals surface area contributed by atoms with Gasteiger partial charge in [-0.2, -0.15) is 0 Å². The lowest BCUT2D eigenvalue weighted by Crippen LogP contribution is -2.39. The summed E-state index contributed by atoms with van der Waals surface area (Å²) in [4.78, 5) is 22.8. The second-order valence-electron chi connectivity index (χ2n) is 8.32. The van der Waals surface area contributed by atoms with Gasteiger partial charge in [-0.25, -0.2) is 4.98 Å². The van der Waals surface area contributed by atoms with E-state index in [0.717, 1.165) is 59.7 Å². The van der Waals surface area contributed by atoms with E-state index in [1.165, 1.54) is 11.3 Å². The number of carbonyl (C=O) groups excluding carboxylic acids is 1. The van der Waals surface area contributed by atoms with Crippen LogP contribution in [0, 0.1) is 0 Å². The molecule has 0 N–H and O–H groups in total. The van der Waals surface area contributed by atoms with Gasteiger partial charge >= 0.3 is 0 Å². The number of nitrogens with zero attached hydrogens (tertiary/aromatic N) is 3. The third kappa shape index (κ3) is 6.08. The number of hydrogen-bond acceptors (Lipinski definition) is 6. The van der Waals surface area contributed by atoms with Crippen LogP contribution in [0.4, 0.5) is 5.13 Å². The van der Waals surface area contributed by atoms with Crippen LogP contribution in [0.1, 0.15) is 16.8 Å². The summed E-state index contributed by atoms with van der Waals surface area (Å²) in [6.45, 7) is 4.90. The number of thiazole rings is 1. The first-order chi connectivity index (χ1) is 17.2. The minimum atomic E-state index is -0.0800. The Morgan fingerprint density at radius 3 is 2.66 bits per heavy atom. The molecule has 0 saturated carbocycles. The summed E-state index contributed by atoms with van der Waals surface area (Å²) in [5, 5.41) is 0.708. The Bertz CT molecular complexity index is 1290. The molecule has 0 atom stereocenters. The monoisotopic (exact) mass is 551 g/mol. The highest BCUT2D eigenvalue weighted by Crippen LogP contribution is 2.32. The van der Waals surface area contributed by atoms with Crippen LogP contribution in [0.25, 0.3) is 10.2 Å². The maximum absolute atomic E-state index is 13.8. The second-order valence-corrected chi connectivity index (χ2v) is 10.2. The van der Waals surface area contributed by atoms with Crippen LogP contribution in [0.3, 0.4) is 0 Å². The fourth-order valence-corrected chi connectivity index (χ4v) is 5.58. The molecule has 1 aliphatic rings. The molecular formula is C27H26BrN3O3S. The largest absolute Gasteiger partial charge is 0.457 e. The molecule has 0 unspecified atom stereocenters. The lowest BCUT2D eigenvalue weighted by atomic mass is 10.2. The summed E-state index contributed by atoms with van der Waals surface area (Å²) in [7, 11) is 0. The Morgan fingerprint density at radius 1 is 1.03 bits per heavy atom. The molecule has 4 aromatic rings. The molecule has 1 fully saturated rings. The predicted octanol–water partition coefficient (Wildman–Crippen LogP) is 6.22. The van der Waals surface area contributed by atoms with Gasteiger partial charge in [0.05, 0.1) is 23.4 Å². The molecule has 1 saturated heterocycles. The Kier molecular flexibility index (Phi) is 7.73. The number of morpholine rings is 1. The molecule has 1 amide bonds. The van der Waals surface area contributed by atoms with Crippen molar-refractivity contribution in [2.75, 3.05) is 44.3 Å². The molecule has 3 aromatic carbocycles. The average molecular weight is 552 g/mol. The summed E-state index contributed by atoms with van der Waals surface area (Å²) in [5.74, 6) is 1.28. The summed E-state index contributed by atoms with van der Waals surface area (Å²) in [6.07, 6.45) is 0.853. The molecule has 180 valence electrons. The number of fused-ring (bicyclic) bond motifs is 1. The average Bonchev–Trinajstić information content (AvgIpc) is 3.30. The van der Waals surface area contributed by atoms with Gasteiger partial charge in [0.1, 0.15) is 11.5 Å². The van der Waals surface area contributed by atoms with E-state index in [1.807, 2.05) is 66.7 Å². The molecule has 0 aliphatic carbocycles. The Morgan fingerprint density at radius 2 is 1.83 bits per heavy atom. The van der Waals surface area contributed by atoms with E-state index >= 15 is 0 Å². The standard InChI is InChI=1S/C27H26BrN3O3S/c28-21-10-11-24-25(19-21)35-27(29-24)31(13-5-12-30-14-16-33-17-15-30)26(32)20-6-4-9-23(18-20)34-22-7-2-1-3-8-22/h1-4,6-11,18-19H,5,12-17H2. The fraction of sp³-hybridized carbons (Fsp3) is 0.259. The minimum Gasteiger partial charge on any atom is -0.457 e. The van der Waals surface area contributed by atoms with Crippen molar-refractivity contribution in [2.45, 2.75) is 6.42 Å². The molecule has 2 heterocycles. The number of carbonyl (C=O) groups is 1. The van der Waals surface area contributed by atoms with E-state index in [0.29, 0.717) is 23.0 Å². The van der Waals surface area contributed by atoms with E-state index in [-0.39, 0.29) is 5.91 Å². The summed E-state index contributed by atoms with van der Waals surface area (Å²) in [6, 6.07) is 22.9. The number of rotatable bonds is 8. The molecule has 0 spiro atoms. The van der Waals surface area contributed by atoms with Crippen LogP contribution in [0.2, 0.25) is 0 Å². The first-order valence-electron chi connectivity index (χ1n) is 11.7. The number of halogens is 1. The molecular weight excluding hydrogens is 526 g/mol. The van der Waals surface area contributed by atoms with Gasteiger partial charge in [-0.1, -0.05) is 51.5 Å². The number of amides is 1. The van der Waals surface area contributed by atoms with Crippen LogP contribution in [0.5, 0.6) is 11.5 Å². The maximum atomic E-state index is 13.8. The lowest BCUT2D eigenvalue weighted by Gasteiger charge is -2.27. The number of aromatic nitrogens is 1.